The monoisotopic (exact) mass is 233 g/mol. The quantitative estimate of drug-likeness (QED) is 0.867. The first-order chi connectivity index (χ1) is 8.13. The molecule has 4 heteroatoms. The number of nitriles is 1. The molecule has 0 saturated carbocycles. The van der Waals surface area contributed by atoms with Gasteiger partial charge in [-0.1, -0.05) is 18.2 Å². The van der Waals surface area contributed by atoms with Crippen molar-refractivity contribution < 1.29 is 14.6 Å². The number of hydrogen-bond acceptors (Lipinski definition) is 4. The van der Waals surface area contributed by atoms with Crippen molar-refractivity contribution in [1.82, 2.24) is 0 Å². The summed E-state index contributed by atoms with van der Waals surface area (Å²) in [5, 5.41) is 18.3. The Hall–Kier alpha value is -1.57. The summed E-state index contributed by atoms with van der Waals surface area (Å²) in [6.07, 6.45) is 0.633. The van der Waals surface area contributed by atoms with Crippen molar-refractivity contribution in [3.63, 3.8) is 0 Å². The Labute approximate surface area is 100 Å². The number of hydrogen-bond donors (Lipinski definition) is 1. The normalized spacial score (nSPS) is 27.9. The van der Waals surface area contributed by atoms with Crippen molar-refractivity contribution in [1.29, 1.82) is 5.26 Å². The number of phenols is 1. The van der Waals surface area contributed by atoms with Gasteiger partial charge in [0.05, 0.1) is 25.2 Å². The fourth-order valence-electron chi connectivity index (χ4n) is 1.99. The van der Waals surface area contributed by atoms with Crippen LogP contribution in [0.2, 0.25) is 0 Å². The van der Waals surface area contributed by atoms with Crippen LogP contribution in [0.15, 0.2) is 24.3 Å². The van der Waals surface area contributed by atoms with Crippen LogP contribution in [0.4, 0.5) is 0 Å². The number of benzene rings is 1. The highest BCUT2D eigenvalue weighted by atomic mass is 16.7. The molecule has 17 heavy (non-hydrogen) atoms. The minimum absolute atomic E-state index is 0.171. The number of nitrogens with zero attached hydrogens (tertiary/aromatic N) is 1. The van der Waals surface area contributed by atoms with E-state index in [1.165, 1.54) is 0 Å². The molecule has 1 heterocycles. The van der Waals surface area contributed by atoms with Crippen LogP contribution in [0.5, 0.6) is 5.75 Å². The molecule has 1 N–H and O–H groups in total. The van der Waals surface area contributed by atoms with Gasteiger partial charge >= 0.3 is 0 Å². The summed E-state index contributed by atoms with van der Waals surface area (Å²) in [4.78, 5) is 0. The zero-order chi connectivity index (χ0) is 12.3. The zero-order valence-electron chi connectivity index (χ0n) is 9.72. The van der Waals surface area contributed by atoms with Crippen molar-refractivity contribution in [2.24, 2.45) is 0 Å². The molecule has 1 aliphatic rings. The van der Waals surface area contributed by atoms with Crippen molar-refractivity contribution in [3.8, 4) is 11.8 Å². The molecule has 90 valence electrons. The second kappa shape index (κ2) is 4.74. The van der Waals surface area contributed by atoms with Gasteiger partial charge < -0.3 is 14.6 Å². The topological polar surface area (TPSA) is 62.5 Å². The standard InChI is InChI=1S/C13H15NO3/c1-13(16-9-11(17-13)6-7-14)8-10-4-2-3-5-12(10)15/h2-5,11,15H,6,8-9H2,1H3. The average Bonchev–Trinajstić information content (AvgIpc) is 2.64. The number of para-hydroxylation sites is 1. The van der Waals surface area contributed by atoms with Crippen LogP contribution in [0.25, 0.3) is 0 Å². The fraction of sp³-hybridized carbons (Fsp3) is 0.462. The van der Waals surface area contributed by atoms with Gasteiger partial charge in [-0.25, -0.2) is 0 Å². The molecular formula is C13H15NO3. The molecule has 1 saturated heterocycles. The van der Waals surface area contributed by atoms with Crippen molar-refractivity contribution in [2.75, 3.05) is 6.61 Å². The van der Waals surface area contributed by atoms with Gasteiger partial charge in [-0.15, -0.1) is 0 Å². The molecule has 0 aliphatic carbocycles. The zero-order valence-corrected chi connectivity index (χ0v) is 9.72. The number of phenolic OH excluding ortho intramolecular Hbond substituents is 1. The largest absolute Gasteiger partial charge is 0.508 e. The SMILES string of the molecule is CC1(Cc2ccccc2O)OCC(CC#N)O1. The maximum atomic E-state index is 9.69. The summed E-state index contributed by atoms with van der Waals surface area (Å²) in [6.45, 7) is 2.26. The van der Waals surface area contributed by atoms with Gasteiger partial charge in [-0.3, -0.25) is 0 Å². The Morgan fingerprint density at radius 2 is 2.29 bits per heavy atom. The van der Waals surface area contributed by atoms with Gasteiger partial charge in [0.1, 0.15) is 5.75 Å². The van der Waals surface area contributed by atoms with Crippen LogP contribution in [0.1, 0.15) is 18.9 Å². The van der Waals surface area contributed by atoms with Crippen LogP contribution in [-0.2, 0) is 15.9 Å². The molecule has 2 atom stereocenters. The van der Waals surface area contributed by atoms with E-state index in [0.717, 1.165) is 5.56 Å². The predicted molar refractivity (Wildman–Crippen MR) is 61.3 cm³/mol. The number of rotatable bonds is 3. The van der Waals surface area contributed by atoms with Crippen LogP contribution in [0, 0.1) is 11.3 Å². The maximum Gasteiger partial charge on any atom is 0.170 e. The fourth-order valence-corrected chi connectivity index (χ4v) is 1.99. The lowest BCUT2D eigenvalue weighted by molar-refractivity contribution is -0.151. The Bertz CT molecular complexity index is 441. The van der Waals surface area contributed by atoms with E-state index in [1.807, 2.05) is 19.1 Å². The molecule has 0 aromatic heterocycles. The molecule has 4 nitrogen and oxygen atoms in total. The Kier molecular flexibility index (Phi) is 3.32. The highest BCUT2D eigenvalue weighted by Crippen LogP contribution is 2.31. The van der Waals surface area contributed by atoms with Gasteiger partial charge in [0.25, 0.3) is 0 Å². The molecule has 2 rings (SSSR count). The average molecular weight is 233 g/mol. The summed E-state index contributed by atoms with van der Waals surface area (Å²) < 4.78 is 11.3. The van der Waals surface area contributed by atoms with Crippen LogP contribution < -0.4 is 0 Å². The van der Waals surface area contributed by atoms with E-state index in [4.69, 9.17) is 14.7 Å². The third kappa shape index (κ3) is 2.76. The first-order valence-electron chi connectivity index (χ1n) is 5.58. The molecule has 0 radical (unpaired) electrons. The van der Waals surface area contributed by atoms with E-state index < -0.39 is 5.79 Å². The number of ether oxygens (including phenoxy) is 2. The maximum absolute atomic E-state index is 9.69. The Morgan fingerprint density at radius 3 is 3.00 bits per heavy atom. The summed E-state index contributed by atoms with van der Waals surface area (Å²) in [5.41, 5.74) is 0.785. The lowest BCUT2D eigenvalue weighted by Crippen LogP contribution is -2.29. The summed E-state index contributed by atoms with van der Waals surface area (Å²) in [7, 11) is 0. The molecule has 0 amide bonds. The van der Waals surface area contributed by atoms with Crippen molar-refractivity contribution in [2.45, 2.75) is 31.7 Å². The highest BCUT2D eigenvalue weighted by Gasteiger charge is 2.37. The molecule has 1 aromatic rings. The Morgan fingerprint density at radius 1 is 1.53 bits per heavy atom. The molecule has 0 bridgehead atoms. The van der Waals surface area contributed by atoms with Gasteiger partial charge in [-0.2, -0.15) is 5.26 Å². The van der Waals surface area contributed by atoms with Gasteiger partial charge in [0.2, 0.25) is 0 Å². The molecular weight excluding hydrogens is 218 g/mol. The summed E-state index contributed by atoms with van der Waals surface area (Å²) >= 11 is 0. The summed E-state index contributed by atoms with van der Waals surface area (Å²) in [5.74, 6) is -0.509. The van der Waals surface area contributed by atoms with E-state index in [-0.39, 0.29) is 11.9 Å². The summed E-state index contributed by atoms with van der Waals surface area (Å²) in [6, 6.07) is 9.18. The van der Waals surface area contributed by atoms with Crippen molar-refractivity contribution in [3.05, 3.63) is 29.8 Å². The van der Waals surface area contributed by atoms with Gasteiger partial charge in [0, 0.05) is 6.42 Å². The minimum atomic E-state index is -0.750. The van der Waals surface area contributed by atoms with Crippen LogP contribution in [0.3, 0.4) is 0 Å². The first-order valence-corrected chi connectivity index (χ1v) is 5.58. The first kappa shape index (κ1) is 11.9. The van der Waals surface area contributed by atoms with Crippen LogP contribution >= 0.6 is 0 Å². The molecule has 2 unspecified atom stereocenters. The molecule has 1 aliphatic heterocycles. The minimum Gasteiger partial charge on any atom is -0.508 e. The van der Waals surface area contributed by atoms with E-state index in [1.54, 1.807) is 12.1 Å². The molecule has 1 aromatic carbocycles. The highest BCUT2D eigenvalue weighted by molar-refractivity contribution is 5.32. The van der Waals surface area contributed by atoms with Gasteiger partial charge in [0.15, 0.2) is 5.79 Å². The lowest BCUT2D eigenvalue weighted by Gasteiger charge is -2.23. The Balaban J connectivity index is 2.05. The van der Waals surface area contributed by atoms with E-state index in [0.29, 0.717) is 19.4 Å². The van der Waals surface area contributed by atoms with E-state index in [2.05, 4.69) is 6.07 Å². The number of aromatic hydroxyl groups is 1. The molecule has 1 fully saturated rings. The lowest BCUT2D eigenvalue weighted by atomic mass is 10.1. The van der Waals surface area contributed by atoms with Gasteiger partial charge in [-0.05, 0) is 18.6 Å². The second-order valence-electron chi connectivity index (χ2n) is 4.35. The predicted octanol–water partition coefficient (Wildman–Crippen LogP) is 1.98. The third-order valence-corrected chi connectivity index (χ3v) is 2.81. The van der Waals surface area contributed by atoms with E-state index >= 15 is 0 Å². The van der Waals surface area contributed by atoms with Crippen molar-refractivity contribution >= 4 is 0 Å². The van der Waals surface area contributed by atoms with Crippen LogP contribution in [-0.4, -0.2) is 23.6 Å². The smallest absolute Gasteiger partial charge is 0.170 e. The third-order valence-electron chi connectivity index (χ3n) is 2.81. The van der Waals surface area contributed by atoms with E-state index in [9.17, 15) is 5.11 Å². The molecule has 0 spiro atoms. The second-order valence-corrected chi connectivity index (χ2v) is 4.35.